The zero-order chi connectivity index (χ0) is 17.6. The summed E-state index contributed by atoms with van der Waals surface area (Å²) in [5, 5.41) is 2.60. The van der Waals surface area contributed by atoms with Crippen molar-refractivity contribution in [2.24, 2.45) is 0 Å². The smallest absolute Gasteiger partial charge is 0.313 e. The first-order valence-electron chi connectivity index (χ1n) is 8.43. The first-order chi connectivity index (χ1) is 12.1. The number of hydrogen-bond donors (Lipinski definition) is 1. The zero-order valence-corrected chi connectivity index (χ0v) is 14.3. The van der Waals surface area contributed by atoms with E-state index >= 15 is 0 Å². The predicted molar refractivity (Wildman–Crippen MR) is 97.3 cm³/mol. The molecule has 2 aromatic rings. The first-order valence-corrected chi connectivity index (χ1v) is 8.43. The number of piperidine rings is 1. The van der Waals surface area contributed by atoms with Gasteiger partial charge in [-0.2, -0.15) is 0 Å². The van der Waals surface area contributed by atoms with E-state index in [1.807, 2.05) is 18.2 Å². The van der Waals surface area contributed by atoms with Crippen LogP contribution in [-0.2, 0) is 9.59 Å². The van der Waals surface area contributed by atoms with Crippen molar-refractivity contribution in [2.45, 2.75) is 18.9 Å². The third-order valence-electron chi connectivity index (χ3n) is 4.50. The lowest BCUT2D eigenvalue weighted by Crippen LogP contribution is -2.51. The molecule has 0 radical (unpaired) electrons. The molecule has 1 atom stereocenters. The standard InChI is InChI=1S/C19H22N4O2/c1-22(19(25)18(24)21-15-7-5-11-20-13-15)17-10-6-12-23(14-17)16-8-3-2-4-9-16/h2-5,7-9,11,13,17H,6,10,12,14H2,1H3,(H,21,24)/t17-/m0/s1. The van der Waals surface area contributed by atoms with E-state index < -0.39 is 11.8 Å². The monoisotopic (exact) mass is 338 g/mol. The number of pyridine rings is 1. The minimum absolute atomic E-state index is 0.0149. The molecule has 0 spiro atoms. The fourth-order valence-corrected chi connectivity index (χ4v) is 3.09. The highest BCUT2D eigenvalue weighted by Crippen LogP contribution is 2.22. The highest BCUT2D eigenvalue weighted by Gasteiger charge is 2.29. The molecule has 6 nitrogen and oxygen atoms in total. The van der Waals surface area contributed by atoms with Gasteiger partial charge in [0.25, 0.3) is 0 Å². The first kappa shape index (κ1) is 17.0. The molecule has 1 saturated heterocycles. The number of hydrogen-bond acceptors (Lipinski definition) is 4. The topological polar surface area (TPSA) is 65.5 Å². The van der Waals surface area contributed by atoms with Crippen molar-refractivity contribution in [1.29, 1.82) is 0 Å². The Kier molecular flexibility index (Phi) is 5.28. The number of rotatable bonds is 3. The van der Waals surface area contributed by atoms with Gasteiger partial charge in [-0.3, -0.25) is 14.6 Å². The molecule has 0 unspecified atom stereocenters. The van der Waals surface area contributed by atoms with Crippen LogP contribution in [0.25, 0.3) is 0 Å². The highest BCUT2D eigenvalue weighted by atomic mass is 16.2. The van der Waals surface area contributed by atoms with Crippen LogP contribution >= 0.6 is 0 Å². The molecule has 25 heavy (non-hydrogen) atoms. The van der Waals surface area contributed by atoms with E-state index in [0.717, 1.165) is 31.6 Å². The second kappa shape index (κ2) is 7.79. The molecule has 1 fully saturated rings. The van der Waals surface area contributed by atoms with Crippen LogP contribution in [0.3, 0.4) is 0 Å². The second-order valence-corrected chi connectivity index (χ2v) is 6.19. The van der Waals surface area contributed by atoms with E-state index in [2.05, 4.69) is 27.3 Å². The summed E-state index contributed by atoms with van der Waals surface area (Å²) in [6.07, 6.45) is 5.01. The molecular weight excluding hydrogens is 316 g/mol. The Labute approximate surface area is 147 Å². The van der Waals surface area contributed by atoms with Crippen molar-refractivity contribution in [3.8, 4) is 0 Å². The lowest BCUT2D eigenvalue weighted by atomic mass is 10.0. The molecule has 3 rings (SSSR count). The van der Waals surface area contributed by atoms with Crippen LogP contribution in [0.2, 0.25) is 0 Å². The molecule has 130 valence electrons. The molecule has 2 amide bonds. The molecular formula is C19H22N4O2. The van der Waals surface area contributed by atoms with Gasteiger partial charge in [0.1, 0.15) is 0 Å². The molecule has 0 aliphatic carbocycles. The number of likely N-dealkylation sites (N-methyl/N-ethyl adjacent to an activating group) is 1. The van der Waals surface area contributed by atoms with Crippen LogP contribution < -0.4 is 10.2 Å². The van der Waals surface area contributed by atoms with Gasteiger partial charge in [0.2, 0.25) is 0 Å². The van der Waals surface area contributed by atoms with Crippen LogP contribution in [-0.4, -0.2) is 47.9 Å². The van der Waals surface area contributed by atoms with Crippen LogP contribution in [0.4, 0.5) is 11.4 Å². The van der Waals surface area contributed by atoms with Gasteiger partial charge in [0.05, 0.1) is 11.9 Å². The third kappa shape index (κ3) is 4.15. The average Bonchev–Trinajstić information content (AvgIpc) is 2.68. The highest BCUT2D eigenvalue weighted by molar-refractivity contribution is 6.39. The van der Waals surface area contributed by atoms with Gasteiger partial charge in [-0.25, -0.2) is 0 Å². The Balaban J connectivity index is 1.62. The summed E-state index contributed by atoms with van der Waals surface area (Å²) in [7, 11) is 1.70. The van der Waals surface area contributed by atoms with Crippen molar-refractivity contribution in [3.05, 3.63) is 54.9 Å². The molecule has 1 aliphatic heterocycles. The lowest BCUT2D eigenvalue weighted by Gasteiger charge is -2.38. The van der Waals surface area contributed by atoms with E-state index in [1.165, 1.54) is 6.20 Å². The number of benzene rings is 1. The van der Waals surface area contributed by atoms with Crippen LogP contribution in [0, 0.1) is 0 Å². The summed E-state index contributed by atoms with van der Waals surface area (Å²) in [6, 6.07) is 13.6. The third-order valence-corrected chi connectivity index (χ3v) is 4.50. The Bertz CT molecular complexity index is 721. The van der Waals surface area contributed by atoms with Crippen molar-refractivity contribution >= 4 is 23.2 Å². The van der Waals surface area contributed by atoms with E-state index in [1.54, 1.807) is 30.3 Å². The molecule has 6 heteroatoms. The Morgan fingerprint density at radius 1 is 1.20 bits per heavy atom. The second-order valence-electron chi connectivity index (χ2n) is 6.19. The minimum atomic E-state index is -0.632. The van der Waals surface area contributed by atoms with Gasteiger partial charge in [0, 0.05) is 38.1 Å². The van der Waals surface area contributed by atoms with E-state index in [4.69, 9.17) is 0 Å². The summed E-state index contributed by atoms with van der Waals surface area (Å²) in [5.74, 6) is -1.16. The molecule has 2 heterocycles. The van der Waals surface area contributed by atoms with E-state index in [-0.39, 0.29) is 6.04 Å². The Hall–Kier alpha value is -2.89. The minimum Gasteiger partial charge on any atom is -0.369 e. The summed E-state index contributed by atoms with van der Waals surface area (Å²) < 4.78 is 0. The largest absolute Gasteiger partial charge is 0.369 e. The fraction of sp³-hybridized carbons (Fsp3) is 0.316. The number of anilines is 2. The SMILES string of the molecule is CN(C(=O)C(=O)Nc1cccnc1)[C@H]1CCCN(c2ccccc2)C1. The van der Waals surface area contributed by atoms with Crippen LogP contribution in [0.15, 0.2) is 54.9 Å². The van der Waals surface area contributed by atoms with E-state index in [0.29, 0.717) is 5.69 Å². The maximum absolute atomic E-state index is 12.5. The van der Waals surface area contributed by atoms with Crippen molar-refractivity contribution in [2.75, 3.05) is 30.4 Å². The maximum atomic E-state index is 12.5. The number of aromatic nitrogens is 1. The average molecular weight is 338 g/mol. The fourth-order valence-electron chi connectivity index (χ4n) is 3.09. The van der Waals surface area contributed by atoms with Gasteiger partial charge < -0.3 is 15.1 Å². The van der Waals surface area contributed by atoms with Crippen molar-refractivity contribution in [3.63, 3.8) is 0 Å². The molecule has 0 bridgehead atoms. The number of carbonyl (C=O) groups excluding carboxylic acids is 2. The predicted octanol–water partition coefficient (Wildman–Crippen LogP) is 2.15. The summed E-state index contributed by atoms with van der Waals surface area (Å²) in [5.41, 5.74) is 1.66. The molecule has 0 saturated carbocycles. The molecule has 1 N–H and O–H groups in total. The molecule has 1 aromatic carbocycles. The number of carbonyl (C=O) groups is 2. The maximum Gasteiger partial charge on any atom is 0.313 e. The number of nitrogens with one attached hydrogen (secondary N) is 1. The Morgan fingerprint density at radius 2 is 2.00 bits per heavy atom. The van der Waals surface area contributed by atoms with Gasteiger partial charge in [-0.15, -0.1) is 0 Å². The van der Waals surface area contributed by atoms with Crippen molar-refractivity contribution in [1.82, 2.24) is 9.88 Å². The van der Waals surface area contributed by atoms with Gasteiger partial charge in [0.15, 0.2) is 0 Å². The number of amides is 2. The number of nitrogens with zero attached hydrogens (tertiary/aromatic N) is 3. The van der Waals surface area contributed by atoms with Crippen LogP contribution in [0.5, 0.6) is 0 Å². The zero-order valence-electron chi connectivity index (χ0n) is 14.3. The summed E-state index contributed by atoms with van der Waals surface area (Å²) in [6.45, 7) is 1.69. The van der Waals surface area contributed by atoms with Gasteiger partial charge >= 0.3 is 11.8 Å². The summed E-state index contributed by atoms with van der Waals surface area (Å²) >= 11 is 0. The molecule has 1 aromatic heterocycles. The quantitative estimate of drug-likeness (QED) is 0.871. The van der Waals surface area contributed by atoms with Gasteiger partial charge in [-0.05, 0) is 37.1 Å². The normalized spacial score (nSPS) is 17.0. The summed E-state index contributed by atoms with van der Waals surface area (Å²) in [4.78, 5) is 32.4. The van der Waals surface area contributed by atoms with Gasteiger partial charge in [-0.1, -0.05) is 18.2 Å². The van der Waals surface area contributed by atoms with E-state index in [9.17, 15) is 9.59 Å². The number of para-hydroxylation sites is 1. The molecule has 1 aliphatic rings. The van der Waals surface area contributed by atoms with Crippen molar-refractivity contribution < 1.29 is 9.59 Å². The lowest BCUT2D eigenvalue weighted by molar-refractivity contribution is -0.143. The van der Waals surface area contributed by atoms with Crippen LogP contribution in [0.1, 0.15) is 12.8 Å². The Morgan fingerprint density at radius 3 is 2.72 bits per heavy atom.